The smallest absolute Gasteiger partial charge is 0.137 e. The minimum Gasteiger partial charge on any atom is -0.456 e. The van der Waals surface area contributed by atoms with Crippen molar-refractivity contribution in [1.82, 2.24) is 0 Å². The normalized spacial score (nSPS) is 11.8. The Morgan fingerprint density at radius 3 is 1.77 bits per heavy atom. The number of benzene rings is 8. The van der Waals surface area contributed by atoms with E-state index in [-0.39, 0.29) is 0 Å². The van der Waals surface area contributed by atoms with Crippen LogP contribution in [0, 0.1) is 0 Å². The van der Waals surface area contributed by atoms with Crippen molar-refractivity contribution < 1.29 is 8.83 Å². The molecule has 10 aromatic rings. The van der Waals surface area contributed by atoms with Crippen LogP contribution in [0.4, 0.5) is 17.1 Å². The van der Waals surface area contributed by atoms with Gasteiger partial charge in [-0.05, 0) is 81.9 Å². The lowest BCUT2D eigenvalue weighted by Gasteiger charge is -2.27. The Kier molecular flexibility index (Phi) is 5.57. The summed E-state index contributed by atoms with van der Waals surface area (Å²) in [6.45, 7) is 0. The largest absolute Gasteiger partial charge is 0.456 e. The average Bonchev–Trinajstić information content (AvgIpc) is 3.69. The third-order valence-corrected chi connectivity index (χ3v) is 9.42. The Morgan fingerprint density at radius 1 is 0.319 bits per heavy atom. The quantitative estimate of drug-likeness (QED) is 0.188. The van der Waals surface area contributed by atoms with Gasteiger partial charge in [-0.15, -0.1) is 0 Å². The van der Waals surface area contributed by atoms with E-state index in [1.165, 1.54) is 21.7 Å². The Hall–Kier alpha value is -6.32. The molecule has 3 nitrogen and oxygen atoms in total. The Bertz CT molecular complexity index is 2810. The molecule has 220 valence electrons. The number of rotatable bonds is 4. The fourth-order valence-electron chi connectivity index (χ4n) is 7.23. The Balaban J connectivity index is 1.23. The van der Waals surface area contributed by atoms with Gasteiger partial charge >= 0.3 is 0 Å². The molecule has 0 saturated carbocycles. The predicted octanol–water partition coefficient (Wildman–Crippen LogP) is 12.9. The van der Waals surface area contributed by atoms with Crippen molar-refractivity contribution >= 4 is 82.5 Å². The number of para-hydroxylation sites is 2. The molecular formula is C44H27NO2. The molecule has 0 fully saturated rings. The van der Waals surface area contributed by atoms with Crippen LogP contribution in [-0.2, 0) is 0 Å². The number of anilines is 3. The number of hydrogen-bond acceptors (Lipinski definition) is 3. The standard InChI is InChI=1S/C44H27NO2/c1-2-10-28(11-3-1)29-12-8-13-31(24-29)45(32-21-23-37-35-14-4-6-18-41(35)47-44(37)26-32)40-17-9-16-33-34(40)22-20-30-25-43-39(27-38(30)33)36-15-5-7-19-42(36)46-43/h1-27H. The van der Waals surface area contributed by atoms with E-state index in [0.29, 0.717) is 0 Å². The number of fused-ring (bicyclic) bond motifs is 9. The summed E-state index contributed by atoms with van der Waals surface area (Å²) in [6, 6.07) is 58.0. The molecule has 0 bridgehead atoms. The minimum absolute atomic E-state index is 0.868. The highest BCUT2D eigenvalue weighted by molar-refractivity contribution is 6.18. The molecule has 10 rings (SSSR count). The van der Waals surface area contributed by atoms with Crippen LogP contribution in [0.1, 0.15) is 0 Å². The summed E-state index contributed by atoms with van der Waals surface area (Å²) >= 11 is 0. The van der Waals surface area contributed by atoms with Crippen molar-refractivity contribution in [2.45, 2.75) is 0 Å². The van der Waals surface area contributed by atoms with E-state index in [9.17, 15) is 0 Å². The molecule has 0 saturated heterocycles. The zero-order valence-corrected chi connectivity index (χ0v) is 25.4. The van der Waals surface area contributed by atoms with Crippen LogP contribution >= 0.6 is 0 Å². The van der Waals surface area contributed by atoms with Gasteiger partial charge in [0.25, 0.3) is 0 Å². The fraction of sp³-hybridized carbons (Fsp3) is 0. The second-order valence-electron chi connectivity index (χ2n) is 12.1. The van der Waals surface area contributed by atoms with Gasteiger partial charge in [0.1, 0.15) is 22.3 Å². The Morgan fingerprint density at radius 2 is 0.936 bits per heavy atom. The molecule has 0 aliphatic carbocycles. The SMILES string of the molecule is c1ccc(-c2cccc(N(c3ccc4c(c3)oc3ccccc34)c3cccc4c3ccc3cc5oc6ccccc6c5cc34)c2)cc1. The summed E-state index contributed by atoms with van der Waals surface area (Å²) in [7, 11) is 0. The van der Waals surface area contributed by atoms with Crippen LogP contribution in [0.2, 0.25) is 0 Å². The van der Waals surface area contributed by atoms with E-state index < -0.39 is 0 Å². The maximum absolute atomic E-state index is 6.39. The Labute approximate surface area is 270 Å². The molecule has 0 aliphatic heterocycles. The first-order chi connectivity index (χ1) is 23.3. The van der Waals surface area contributed by atoms with Gasteiger partial charge in [-0.2, -0.15) is 0 Å². The molecule has 0 amide bonds. The van der Waals surface area contributed by atoms with E-state index in [4.69, 9.17) is 8.83 Å². The van der Waals surface area contributed by atoms with Gasteiger partial charge in [0.15, 0.2) is 0 Å². The molecule has 2 heterocycles. The monoisotopic (exact) mass is 601 g/mol. The average molecular weight is 602 g/mol. The third kappa shape index (κ3) is 4.07. The summed E-state index contributed by atoms with van der Waals surface area (Å²) < 4.78 is 12.6. The first-order valence-corrected chi connectivity index (χ1v) is 15.9. The van der Waals surface area contributed by atoms with E-state index in [0.717, 1.165) is 71.9 Å². The second-order valence-corrected chi connectivity index (χ2v) is 12.1. The molecule has 0 unspecified atom stereocenters. The van der Waals surface area contributed by atoms with E-state index in [1.807, 2.05) is 24.3 Å². The highest BCUT2D eigenvalue weighted by Crippen LogP contribution is 2.44. The lowest BCUT2D eigenvalue weighted by atomic mass is 9.97. The molecule has 0 spiro atoms. The summed E-state index contributed by atoms with van der Waals surface area (Å²) in [5, 5.41) is 9.23. The van der Waals surface area contributed by atoms with Crippen LogP contribution in [0.25, 0.3) is 76.5 Å². The van der Waals surface area contributed by atoms with E-state index in [2.05, 4.69) is 144 Å². The van der Waals surface area contributed by atoms with Crippen LogP contribution in [0.15, 0.2) is 173 Å². The van der Waals surface area contributed by atoms with Gasteiger partial charge < -0.3 is 13.7 Å². The first kappa shape index (κ1) is 26.0. The van der Waals surface area contributed by atoms with Crippen molar-refractivity contribution in [2.75, 3.05) is 4.90 Å². The molecule has 2 aromatic heterocycles. The second kappa shape index (κ2) is 10.1. The highest BCUT2D eigenvalue weighted by atomic mass is 16.3. The van der Waals surface area contributed by atoms with Gasteiger partial charge in [-0.1, -0.05) is 103 Å². The zero-order chi connectivity index (χ0) is 30.9. The lowest BCUT2D eigenvalue weighted by Crippen LogP contribution is -2.10. The minimum atomic E-state index is 0.868. The van der Waals surface area contributed by atoms with Crippen LogP contribution in [0.5, 0.6) is 0 Å². The zero-order valence-electron chi connectivity index (χ0n) is 25.4. The molecule has 8 aromatic carbocycles. The summed E-state index contributed by atoms with van der Waals surface area (Å²) in [6.07, 6.45) is 0. The summed E-state index contributed by atoms with van der Waals surface area (Å²) in [4.78, 5) is 2.36. The van der Waals surface area contributed by atoms with Crippen molar-refractivity contribution in [3.63, 3.8) is 0 Å². The van der Waals surface area contributed by atoms with Crippen molar-refractivity contribution in [1.29, 1.82) is 0 Å². The lowest BCUT2D eigenvalue weighted by molar-refractivity contribution is 0.669. The third-order valence-electron chi connectivity index (χ3n) is 9.42. The van der Waals surface area contributed by atoms with Gasteiger partial charge in [0, 0.05) is 44.4 Å². The molecule has 0 N–H and O–H groups in total. The van der Waals surface area contributed by atoms with Gasteiger partial charge in [0.05, 0.1) is 5.69 Å². The predicted molar refractivity (Wildman–Crippen MR) is 196 cm³/mol. The van der Waals surface area contributed by atoms with Gasteiger partial charge in [-0.3, -0.25) is 0 Å². The number of nitrogens with zero attached hydrogens (tertiary/aromatic N) is 1. The topological polar surface area (TPSA) is 29.5 Å². The molecule has 0 aliphatic rings. The van der Waals surface area contributed by atoms with Crippen molar-refractivity contribution in [2.24, 2.45) is 0 Å². The van der Waals surface area contributed by atoms with Gasteiger partial charge in [-0.25, -0.2) is 0 Å². The molecular weight excluding hydrogens is 574 g/mol. The molecule has 47 heavy (non-hydrogen) atoms. The molecule has 0 atom stereocenters. The molecule has 0 radical (unpaired) electrons. The van der Waals surface area contributed by atoms with Crippen LogP contribution in [-0.4, -0.2) is 0 Å². The summed E-state index contributed by atoms with van der Waals surface area (Å²) in [5.74, 6) is 0. The maximum Gasteiger partial charge on any atom is 0.137 e. The fourth-order valence-corrected chi connectivity index (χ4v) is 7.23. The van der Waals surface area contributed by atoms with E-state index >= 15 is 0 Å². The van der Waals surface area contributed by atoms with Crippen molar-refractivity contribution in [3.05, 3.63) is 164 Å². The maximum atomic E-state index is 6.39. The van der Waals surface area contributed by atoms with Crippen LogP contribution < -0.4 is 4.90 Å². The van der Waals surface area contributed by atoms with Gasteiger partial charge in [0.2, 0.25) is 0 Å². The first-order valence-electron chi connectivity index (χ1n) is 15.9. The highest BCUT2D eigenvalue weighted by Gasteiger charge is 2.19. The summed E-state index contributed by atoms with van der Waals surface area (Å²) in [5.41, 5.74) is 9.14. The van der Waals surface area contributed by atoms with Crippen molar-refractivity contribution in [3.8, 4) is 11.1 Å². The number of furan rings is 2. The van der Waals surface area contributed by atoms with E-state index in [1.54, 1.807) is 0 Å². The van der Waals surface area contributed by atoms with Crippen LogP contribution in [0.3, 0.4) is 0 Å². The number of hydrogen-bond donors (Lipinski definition) is 0. The molecule has 3 heteroatoms.